The number of benzene rings is 2. The number of carboxylic acids is 3. The summed E-state index contributed by atoms with van der Waals surface area (Å²) in [6.45, 7) is 29.2. The summed E-state index contributed by atoms with van der Waals surface area (Å²) in [7, 11) is 0. The number of para-hydroxylation sites is 1. The first-order chi connectivity index (χ1) is 69.8. The predicted octanol–water partition coefficient (Wildman–Crippen LogP) is -3.43. The van der Waals surface area contributed by atoms with E-state index >= 15 is 4.79 Å². The zero-order valence-electron chi connectivity index (χ0n) is 88.4. The van der Waals surface area contributed by atoms with Crippen molar-refractivity contribution in [2.45, 2.75) is 355 Å². The Bertz CT molecular complexity index is 5040. The average molecular weight is 2100 g/mol. The van der Waals surface area contributed by atoms with Crippen LogP contribution in [0.4, 0.5) is 0 Å². The van der Waals surface area contributed by atoms with E-state index in [0.29, 0.717) is 41.3 Å². The van der Waals surface area contributed by atoms with Gasteiger partial charge in [-0.2, -0.15) is 0 Å². The number of aliphatic hydroxyl groups excluding tert-OH is 2. The molecule has 3 aromatic rings. The molecule has 0 bridgehead atoms. The molecule has 2 aromatic carbocycles. The molecule has 0 radical (unpaired) electrons. The van der Waals surface area contributed by atoms with Crippen molar-refractivity contribution < 1.29 is 126 Å². The number of H-pyrrole nitrogens is 1. The van der Waals surface area contributed by atoms with Crippen molar-refractivity contribution in [2.75, 3.05) is 13.1 Å². The van der Waals surface area contributed by atoms with E-state index in [2.05, 4.69) is 106 Å². The molecule has 0 aliphatic rings. The van der Waals surface area contributed by atoms with E-state index in [0.717, 1.165) is 0 Å². The lowest BCUT2D eigenvalue weighted by molar-refractivity contribution is -0.143. The number of carboxylic acid groups (broad SMARTS) is 3. The van der Waals surface area contributed by atoms with E-state index in [1.54, 1.807) is 144 Å². The summed E-state index contributed by atoms with van der Waals surface area (Å²) in [5.74, 6) is -25.7. The van der Waals surface area contributed by atoms with Crippen LogP contribution in [0.3, 0.4) is 0 Å². The highest BCUT2D eigenvalue weighted by atomic mass is 16.4. The Balaban J connectivity index is 1.91. The normalized spacial score (nSPS) is 16.2. The van der Waals surface area contributed by atoms with Crippen molar-refractivity contribution in [2.24, 2.45) is 52.7 Å². The molecule has 832 valence electrons. The van der Waals surface area contributed by atoms with Crippen molar-refractivity contribution in [1.29, 1.82) is 5.41 Å². The molecule has 0 spiro atoms. The molecule has 149 heavy (non-hydrogen) atoms. The number of carbonyl (C=O) groups is 21. The average Bonchev–Trinajstić information content (AvgIpc) is 1.64. The number of aliphatic carboxylic acids is 3. The van der Waals surface area contributed by atoms with Gasteiger partial charge in [-0.25, -0.2) is 4.79 Å². The number of rotatable bonds is 67. The molecule has 0 fully saturated rings. The van der Waals surface area contributed by atoms with Crippen LogP contribution < -0.4 is 118 Å². The molecule has 0 aliphatic heterocycles. The fourth-order valence-electron chi connectivity index (χ4n) is 15.4. The maximum absolute atomic E-state index is 15.0. The monoisotopic (exact) mass is 2100 g/mol. The molecule has 0 unspecified atom stereocenters. The van der Waals surface area contributed by atoms with Crippen LogP contribution in [0.2, 0.25) is 0 Å². The van der Waals surface area contributed by atoms with E-state index in [-0.39, 0.29) is 95.1 Å². The van der Waals surface area contributed by atoms with Crippen LogP contribution in [-0.4, -0.2) is 301 Å². The maximum Gasteiger partial charge on any atom is 0.326 e. The Morgan fingerprint density at radius 3 is 1.07 bits per heavy atom. The van der Waals surface area contributed by atoms with Crippen LogP contribution in [0.5, 0.6) is 0 Å². The Morgan fingerprint density at radius 2 is 0.644 bits per heavy atom. The molecule has 0 saturated carbocycles. The summed E-state index contributed by atoms with van der Waals surface area (Å²) in [5, 5.41) is 106. The second-order valence-electron chi connectivity index (χ2n) is 39.3. The predicted molar refractivity (Wildman–Crippen MR) is 548 cm³/mol. The van der Waals surface area contributed by atoms with Crippen molar-refractivity contribution in [3.05, 3.63) is 71.9 Å². The topological polar surface area (TPSA) is 806 Å². The molecule has 3 rings (SSSR count). The molecule has 0 aliphatic carbocycles. The molecule has 1 heterocycles. The van der Waals surface area contributed by atoms with Crippen molar-refractivity contribution in [3.8, 4) is 0 Å². The second-order valence-corrected chi connectivity index (χ2v) is 39.3. The standard InChI is InChI=1S/C99H160N24O26/c1-20-50(10)76(95(145)110-57(17)84(134)123-79(59(19)125)97(147)112-65(98(148)149)35-28-29-37-100)120-91(141)68(41-49(8)9)115-89(139)70(43-61-46-105-63-34-27-26-33-62(61)63)114-83(133)56(16)109-94(144)77(51(11)21-2)121-92(142)69(42-60-31-24-23-25-32-60)116-90(140)72(45-74(128)129)117-85(135)64(36-30-38-104-99(102)103)111-81(131)54(14)106-80(130)53(13)107-86(136)66(39-47(4)5)113-82(132)55(15)108-87(137)71(44-73(126)127)118-88(138)67(40-48(6)7)119-96(146)78(52(12)22-3)122-93(143)75(101)58(18)124/h23-27,31-34,46-59,64-72,75-79,105,124-125H,20-22,28-30,35-45,100-101H2,1-19H3,(H,106,130)(H,107,136)(H,108,137)(H,109,144)(H,110,145)(H,111,131)(H,112,147)(H,113,132)(H,114,133)(H,115,139)(H,116,140)(H,117,135)(H,118,138)(H,119,146)(H,120,141)(H,121,142)(H,122,143)(H,123,134)(H,126,127)(H,128,129)(H,148,149)(H4,102,103,104)/t50-,51-,52-,53-,54-,55-,56-,57-,58+,59+,64-,65-,66-,67-,68-,69-,70-,71-,72-,75-,76-,77-,78-,79-/m0/s1. The first kappa shape index (κ1) is 129. The smallest absolute Gasteiger partial charge is 0.326 e. The zero-order valence-corrected chi connectivity index (χ0v) is 88.4. The number of hydrogen-bond acceptors (Lipinski definition) is 26. The van der Waals surface area contributed by atoms with Crippen LogP contribution in [0.1, 0.15) is 226 Å². The fourth-order valence-corrected chi connectivity index (χ4v) is 15.4. The van der Waals surface area contributed by atoms with Gasteiger partial charge in [-0.3, -0.25) is 101 Å². The van der Waals surface area contributed by atoms with E-state index < -0.39 is 288 Å². The van der Waals surface area contributed by atoms with Crippen molar-refractivity contribution in [3.63, 3.8) is 0 Å². The number of amides is 18. The van der Waals surface area contributed by atoms with Gasteiger partial charge in [0.15, 0.2) is 5.96 Å². The molecule has 18 amide bonds. The minimum atomic E-state index is -2.04. The summed E-state index contributed by atoms with van der Waals surface area (Å²) in [6.07, 6.45) is -2.81. The van der Waals surface area contributed by atoms with Gasteiger partial charge in [0.1, 0.15) is 115 Å². The Morgan fingerprint density at radius 1 is 0.336 bits per heavy atom. The van der Waals surface area contributed by atoms with Gasteiger partial charge in [0.25, 0.3) is 0 Å². The minimum absolute atomic E-state index is 0.00240. The molecule has 50 heteroatoms. The van der Waals surface area contributed by atoms with Gasteiger partial charge in [-0.1, -0.05) is 151 Å². The number of aromatic nitrogens is 1. The number of fused-ring (bicyclic) bond motifs is 1. The van der Waals surface area contributed by atoms with Crippen LogP contribution in [0.25, 0.3) is 10.9 Å². The fraction of sp³-hybridized carbons (Fsp3) is 0.636. The largest absolute Gasteiger partial charge is 0.481 e. The van der Waals surface area contributed by atoms with E-state index in [1.165, 1.54) is 48.5 Å². The molecule has 1 aromatic heterocycles. The highest BCUT2D eigenvalue weighted by molar-refractivity contribution is 6.03. The van der Waals surface area contributed by atoms with Gasteiger partial charge in [0.05, 0.1) is 25.0 Å². The SMILES string of the molecule is CC[C@H](C)[C@H](NC(=O)[C@H](CC(C)C)NC(=O)[C@H](Cc1c[nH]c2ccccc12)NC(=O)[C@H](C)NC(=O)[C@@H](NC(=O)[C@H](Cc1ccccc1)NC(=O)[C@H](CC(=O)O)NC(=O)[C@H](CCCNC(=N)N)NC(=O)[C@H](C)NC(=O)[C@H](C)NC(=O)[C@H](CC(C)C)NC(=O)[C@H](C)NC(=O)[C@H](CC(=O)O)NC(=O)[C@H](CC(C)C)NC(=O)[C@@H](NC(=O)[C@@H](N)[C@@H](C)O)[C@@H](C)CC)[C@@H](C)CC)C(=O)N[C@@H](C)C(=O)N[C@H](C(=O)N[C@@H](CCCCN)C(=O)O)[C@@H](C)O. The zero-order chi connectivity index (χ0) is 113. The number of nitrogens with two attached hydrogens (primary N) is 3. The first-order valence-corrected chi connectivity index (χ1v) is 50.4. The van der Waals surface area contributed by atoms with Crippen LogP contribution in [0.15, 0.2) is 60.8 Å². The van der Waals surface area contributed by atoms with Crippen molar-refractivity contribution >= 4 is 141 Å². The van der Waals surface area contributed by atoms with E-state index in [1.807, 2.05) is 0 Å². The lowest BCUT2D eigenvalue weighted by Gasteiger charge is -2.30. The summed E-state index contributed by atoms with van der Waals surface area (Å²) < 4.78 is 0. The quantitative estimate of drug-likeness (QED) is 0.0149. The third-order valence-corrected chi connectivity index (χ3v) is 24.9. The van der Waals surface area contributed by atoms with Crippen LogP contribution >= 0.6 is 0 Å². The number of unbranched alkanes of at least 4 members (excludes halogenated alkanes) is 1. The van der Waals surface area contributed by atoms with Crippen LogP contribution in [0, 0.1) is 40.9 Å². The lowest BCUT2D eigenvalue weighted by atomic mass is 9.96. The maximum atomic E-state index is 15.0. The molecule has 24 atom stereocenters. The number of aliphatic hydroxyl groups is 2. The number of aromatic amines is 1. The first-order valence-electron chi connectivity index (χ1n) is 50.4. The Labute approximate surface area is 867 Å². The van der Waals surface area contributed by atoms with E-state index in [4.69, 9.17) is 22.6 Å². The van der Waals surface area contributed by atoms with Gasteiger partial charge >= 0.3 is 17.9 Å². The number of hydrogen-bond donors (Lipinski definition) is 29. The second kappa shape index (κ2) is 64.3. The molecule has 32 N–H and O–H groups in total. The molecule has 50 nitrogen and oxygen atoms in total. The third-order valence-electron chi connectivity index (χ3n) is 24.9. The van der Waals surface area contributed by atoms with Gasteiger partial charge in [0, 0.05) is 36.5 Å². The molecular formula is C99H160N24O26. The molecule has 0 saturated heterocycles. The third kappa shape index (κ3) is 44.9. The number of nitrogens with one attached hydrogen (secondary N) is 21. The molecular weight excluding hydrogens is 1940 g/mol. The highest BCUT2D eigenvalue weighted by Gasteiger charge is 2.42. The van der Waals surface area contributed by atoms with Crippen LogP contribution in [-0.2, 0) is 114 Å². The van der Waals surface area contributed by atoms with Gasteiger partial charge < -0.3 is 149 Å². The van der Waals surface area contributed by atoms with Gasteiger partial charge in [-0.15, -0.1) is 0 Å². The Kier molecular flexibility index (Phi) is 55.7. The highest BCUT2D eigenvalue weighted by Crippen LogP contribution is 2.23. The van der Waals surface area contributed by atoms with E-state index in [9.17, 15) is 121 Å². The Hall–Kier alpha value is -14.0. The van der Waals surface area contributed by atoms with Gasteiger partial charge in [0.2, 0.25) is 106 Å². The minimum Gasteiger partial charge on any atom is -0.481 e. The summed E-state index contributed by atoms with van der Waals surface area (Å²) >= 11 is 0. The lowest BCUT2D eigenvalue weighted by Crippen LogP contribution is -2.62. The summed E-state index contributed by atoms with van der Waals surface area (Å²) in [6, 6.07) is -14.1. The number of carbonyl (C=O) groups excluding carboxylic acids is 18. The number of guanidine groups is 1. The van der Waals surface area contributed by atoms with Gasteiger partial charge in [-0.05, 0) is 159 Å². The van der Waals surface area contributed by atoms with Crippen molar-refractivity contribution in [1.82, 2.24) is 106 Å². The summed E-state index contributed by atoms with van der Waals surface area (Å²) in [5.41, 5.74) is 18.5. The summed E-state index contributed by atoms with van der Waals surface area (Å²) in [4.78, 5) is 295.